The van der Waals surface area contributed by atoms with E-state index in [2.05, 4.69) is 38.7 Å². The summed E-state index contributed by atoms with van der Waals surface area (Å²) in [5.41, 5.74) is 3.62. The van der Waals surface area contributed by atoms with Crippen molar-refractivity contribution in [3.05, 3.63) is 58.1 Å². The third kappa shape index (κ3) is 6.88. The van der Waals surface area contributed by atoms with Crippen molar-refractivity contribution in [3.8, 4) is 11.5 Å². The van der Waals surface area contributed by atoms with Gasteiger partial charge in [0.1, 0.15) is 6.04 Å². The fraction of sp³-hybridized carbons (Fsp3) is 0.318. The molecule has 2 aromatic rings. The Kier molecular flexibility index (Phi) is 9.34. The van der Waals surface area contributed by atoms with Crippen LogP contribution in [0.3, 0.4) is 0 Å². The number of amides is 2. The van der Waals surface area contributed by atoms with E-state index in [-0.39, 0.29) is 5.91 Å². The van der Waals surface area contributed by atoms with Crippen molar-refractivity contribution in [3.63, 3.8) is 0 Å². The molecule has 0 aromatic heterocycles. The van der Waals surface area contributed by atoms with E-state index in [0.717, 1.165) is 18.4 Å². The number of halogens is 1. The van der Waals surface area contributed by atoms with E-state index < -0.39 is 11.9 Å². The fourth-order valence-corrected chi connectivity index (χ4v) is 2.93. The highest BCUT2D eigenvalue weighted by atomic mass is 79.9. The lowest BCUT2D eigenvalue weighted by Gasteiger charge is -2.13. The molecule has 8 heteroatoms. The van der Waals surface area contributed by atoms with Gasteiger partial charge in [-0.3, -0.25) is 9.59 Å². The number of rotatable bonds is 10. The van der Waals surface area contributed by atoms with Crippen LogP contribution in [-0.4, -0.2) is 37.8 Å². The minimum Gasteiger partial charge on any atom is -0.493 e. The lowest BCUT2D eigenvalue weighted by Crippen LogP contribution is -2.43. The fourth-order valence-electron chi connectivity index (χ4n) is 2.46. The van der Waals surface area contributed by atoms with Crippen LogP contribution in [0, 0.1) is 0 Å². The number of carbonyl (C=O) groups excluding carboxylic acids is 2. The Morgan fingerprint density at radius 3 is 2.67 bits per heavy atom. The summed E-state index contributed by atoms with van der Waals surface area (Å²) in [6.07, 6.45) is 3.52. The summed E-state index contributed by atoms with van der Waals surface area (Å²) in [5.74, 6) is 0.474. The van der Waals surface area contributed by atoms with E-state index in [4.69, 9.17) is 9.47 Å². The van der Waals surface area contributed by atoms with Gasteiger partial charge < -0.3 is 14.8 Å². The van der Waals surface area contributed by atoms with E-state index in [1.807, 2.05) is 12.1 Å². The van der Waals surface area contributed by atoms with Crippen LogP contribution in [0.15, 0.2) is 52.0 Å². The Hall–Kier alpha value is -2.87. The highest BCUT2D eigenvalue weighted by Gasteiger charge is 2.17. The van der Waals surface area contributed by atoms with E-state index in [0.29, 0.717) is 28.1 Å². The first-order chi connectivity index (χ1) is 14.5. The number of hydrogen-bond acceptors (Lipinski definition) is 5. The lowest BCUT2D eigenvalue weighted by molar-refractivity contribution is -0.122. The summed E-state index contributed by atoms with van der Waals surface area (Å²) in [5, 5.41) is 6.60. The zero-order chi connectivity index (χ0) is 21.9. The molecule has 0 aliphatic heterocycles. The minimum atomic E-state index is -0.759. The summed E-state index contributed by atoms with van der Waals surface area (Å²) >= 11 is 3.32. The Bertz CT molecular complexity index is 902. The van der Waals surface area contributed by atoms with Gasteiger partial charge in [0.2, 0.25) is 0 Å². The Morgan fingerprint density at radius 2 is 1.97 bits per heavy atom. The standard InChI is InChI=1S/C22H26BrN3O4/c1-4-5-12-30-19-11-10-16(13-20(19)29-3)14-24-26-21(27)15(2)25-22(28)17-8-6-7-9-18(17)23/h6-11,13-15H,4-5,12H2,1-3H3,(H,25,28)(H,26,27). The molecule has 2 aromatic carbocycles. The third-order valence-electron chi connectivity index (χ3n) is 4.19. The van der Waals surface area contributed by atoms with Gasteiger partial charge in [0.15, 0.2) is 11.5 Å². The van der Waals surface area contributed by atoms with Crippen molar-refractivity contribution in [2.75, 3.05) is 13.7 Å². The first kappa shape index (κ1) is 23.4. The van der Waals surface area contributed by atoms with E-state index in [1.165, 1.54) is 6.21 Å². The molecule has 7 nitrogen and oxygen atoms in total. The number of carbonyl (C=O) groups is 2. The van der Waals surface area contributed by atoms with Gasteiger partial charge in [-0.1, -0.05) is 25.5 Å². The van der Waals surface area contributed by atoms with Gasteiger partial charge >= 0.3 is 0 Å². The number of nitrogens with zero attached hydrogens (tertiary/aromatic N) is 1. The molecular formula is C22H26BrN3O4. The smallest absolute Gasteiger partial charge is 0.262 e. The monoisotopic (exact) mass is 475 g/mol. The molecule has 0 radical (unpaired) electrons. The second-order valence-electron chi connectivity index (χ2n) is 6.52. The van der Waals surface area contributed by atoms with Crippen LogP contribution in [-0.2, 0) is 4.79 Å². The lowest BCUT2D eigenvalue weighted by atomic mass is 10.2. The number of hydrazone groups is 1. The number of unbranched alkanes of at least 4 members (excludes halogenated alkanes) is 1. The van der Waals surface area contributed by atoms with E-state index in [1.54, 1.807) is 44.4 Å². The van der Waals surface area contributed by atoms with Crippen molar-refractivity contribution < 1.29 is 19.1 Å². The van der Waals surface area contributed by atoms with Crippen LogP contribution in [0.2, 0.25) is 0 Å². The average Bonchev–Trinajstić information content (AvgIpc) is 2.74. The third-order valence-corrected chi connectivity index (χ3v) is 4.88. The Labute approximate surface area is 185 Å². The highest BCUT2D eigenvalue weighted by molar-refractivity contribution is 9.10. The van der Waals surface area contributed by atoms with Crippen molar-refractivity contribution in [1.29, 1.82) is 0 Å². The quantitative estimate of drug-likeness (QED) is 0.309. The van der Waals surface area contributed by atoms with E-state index in [9.17, 15) is 9.59 Å². The van der Waals surface area contributed by atoms with Crippen molar-refractivity contribution in [2.24, 2.45) is 5.10 Å². The van der Waals surface area contributed by atoms with Crippen LogP contribution in [0.5, 0.6) is 11.5 Å². The Morgan fingerprint density at radius 1 is 1.20 bits per heavy atom. The maximum absolute atomic E-state index is 12.3. The molecule has 160 valence electrons. The first-order valence-electron chi connectivity index (χ1n) is 9.65. The summed E-state index contributed by atoms with van der Waals surface area (Å²) in [6, 6.07) is 11.6. The normalized spacial score (nSPS) is 11.7. The molecular weight excluding hydrogens is 450 g/mol. The van der Waals surface area contributed by atoms with Crippen molar-refractivity contribution in [1.82, 2.24) is 10.7 Å². The summed E-state index contributed by atoms with van der Waals surface area (Å²) in [6.45, 7) is 4.31. The molecule has 0 fully saturated rings. The second kappa shape index (κ2) is 12.0. The molecule has 0 saturated heterocycles. The number of ether oxygens (including phenoxy) is 2. The van der Waals surface area contributed by atoms with Gasteiger partial charge in [0.05, 0.1) is 25.5 Å². The zero-order valence-electron chi connectivity index (χ0n) is 17.3. The molecule has 0 aliphatic rings. The molecule has 0 saturated carbocycles. The van der Waals surface area contributed by atoms with Crippen LogP contribution in [0.25, 0.3) is 0 Å². The first-order valence-corrected chi connectivity index (χ1v) is 10.4. The van der Waals surface area contributed by atoms with Gasteiger partial charge in [-0.2, -0.15) is 5.10 Å². The molecule has 0 spiro atoms. The minimum absolute atomic E-state index is 0.350. The molecule has 30 heavy (non-hydrogen) atoms. The summed E-state index contributed by atoms with van der Waals surface area (Å²) < 4.78 is 11.7. The maximum atomic E-state index is 12.3. The Balaban J connectivity index is 1.91. The van der Waals surface area contributed by atoms with Gasteiger partial charge in [-0.25, -0.2) is 5.43 Å². The van der Waals surface area contributed by atoms with Crippen LogP contribution in [0.4, 0.5) is 0 Å². The molecule has 2 N–H and O–H groups in total. The predicted octanol–water partition coefficient (Wildman–Crippen LogP) is 3.91. The van der Waals surface area contributed by atoms with Crippen LogP contribution >= 0.6 is 15.9 Å². The van der Waals surface area contributed by atoms with Gasteiger partial charge in [0, 0.05) is 4.47 Å². The largest absolute Gasteiger partial charge is 0.493 e. The molecule has 0 heterocycles. The second-order valence-corrected chi connectivity index (χ2v) is 7.38. The van der Waals surface area contributed by atoms with Gasteiger partial charge in [-0.05, 0) is 65.2 Å². The number of methoxy groups -OCH3 is 1. The maximum Gasteiger partial charge on any atom is 0.262 e. The predicted molar refractivity (Wildman–Crippen MR) is 120 cm³/mol. The highest BCUT2D eigenvalue weighted by Crippen LogP contribution is 2.27. The number of benzene rings is 2. The molecule has 0 aliphatic carbocycles. The van der Waals surface area contributed by atoms with E-state index >= 15 is 0 Å². The molecule has 0 bridgehead atoms. The van der Waals surface area contributed by atoms with Crippen LogP contribution in [0.1, 0.15) is 42.6 Å². The SMILES string of the molecule is CCCCOc1ccc(C=NNC(=O)C(C)NC(=O)c2ccccc2Br)cc1OC. The van der Waals surface area contributed by atoms with Gasteiger partial charge in [0.25, 0.3) is 11.8 Å². The molecule has 1 unspecified atom stereocenters. The van der Waals surface area contributed by atoms with Gasteiger partial charge in [-0.15, -0.1) is 0 Å². The topological polar surface area (TPSA) is 89.0 Å². The number of nitrogens with one attached hydrogen (secondary N) is 2. The van der Waals surface area contributed by atoms with Crippen molar-refractivity contribution in [2.45, 2.75) is 32.7 Å². The zero-order valence-corrected chi connectivity index (χ0v) is 18.9. The van der Waals surface area contributed by atoms with Crippen LogP contribution < -0.4 is 20.2 Å². The molecule has 2 rings (SSSR count). The number of hydrogen-bond donors (Lipinski definition) is 2. The summed E-state index contributed by atoms with van der Waals surface area (Å²) in [7, 11) is 1.57. The molecule has 1 atom stereocenters. The summed E-state index contributed by atoms with van der Waals surface area (Å²) in [4.78, 5) is 24.5. The van der Waals surface area contributed by atoms with Crippen molar-refractivity contribution >= 4 is 34.0 Å². The molecule has 2 amide bonds. The average molecular weight is 476 g/mol.